The highest BCUT2D eigenvalue weighted by atomic mass is 16.4. The summed E-state index contributed by atoms with van der Waals surface area (Å²) < 4.78 is 0. The summed E-state index contributed by atoms with van der Waals surface area (Å²) in [7, 11) is 0. The van der Waals surface area contributed by atoms with Gasteiger partial charge in [0.15, 0.2) is 5.96 Å². The van der Waals surface area contributed by atoms with Gasteiger partial charge in [-0.05, 0) is 25.2 Å². The van der Waals surface area contributed by atoms with E-state index in [1.54, 1.807) is 0 Å². The minimum Gasteiger partial charge on any atom is -0.480 e. The van der Waals surface area contributed by atoms with E-state index in [2.05, 4.69) is 20.9 Å². The fraction of sp³-hybridized carbons (Fsp3) is 0.714. The average molecular weight is 482 g/mol. The van der Waals surface area contributed by atoms with E-state index in [4.69, 9.17) is 11.5 Å². The van der Waals surface area contributed by atoms with Crippen LogP contribution >= 0.6 is 0 Å². The van der Waals surface area contributed by atoms with E-state index < -0.39 is 42.4 Å². The largest absolute Gasteiger partial charge is 0.480 e. The maximum atomic E-state index is 12.4. The molecule has 0 aromatic carbocycles. The van der Waals surface area contributed by atoms with Crippen LogP contribution in [0.4, 0.5) is 4.79 Å². The normalized spacial score (nSPS) is 19.3. The van der Waals surface area contributed by atoms with Crippen molar-refractivity contribution in [2.24, 2.45) is 22.4 Å². The number of imide groups is 1. The van der Waals surface area contributed by atoms with Gasteiger partial charge in [-0.2, -0.15) is 0 Å². The van der Waals surface area contributed by atoms with Crippen LogP contribution in [0.5, 0.6) is 0 Å². The Morgan fingerprint density at radius 1 is 1.12 bits per heavy atom. The smallest absolute Gasteiger partial charge is 0.328 e. The standard InChI is InChI=1S/C21H35N7O6/c22-20(23)24-10-4-7-14-18(31)28(21(34)27-14)12-17(30)25-11-15(19(32)33)26-16(29)9-8-13-5-2-1-3-6-13/h13-15H,1-12H2,(H,25,30)(H,26,29)(H,27,34)(H,32,33)(H4,22,23,24)/t14-,15?/m0/s1. The minimum atomic E-state index is -1.31. The molecule has 2 fully saturated rings. The Bertz CT molecular complexity index is 792. The SMILES string of the molecule is NC(N)=NCCC[C@@H]1NC(=O)N(CC(=O)NCC(NC(=O)CCC2CCCCC2)C(=O)O)C1=O. The zero-order valence-corrected chi connectivity index (χ0v) is 19.3. The summed E-state index contributed by atoms with van der Waals surface area (Å²) >= 11 is 0. The van der Waals surface area contributed by atoms with Crippen molar-refractivity contribution in [1.29, 1.82) is 0 Å². The number of nitrogens with zero attached hydrogens (tertiary/aromatic N) is 2. The zero-order valence-electron chi connectivity index (χ0n) is 19.3. The van der Waals surface area contributed by atoms with Gasteiger partial charge in [-0.15, -0.1) is 0 Å². The van der Waals surface area contributed by atoms with Crippen LogP contribution in [0.25, 0.3) is 0 Å². The number of aliphatic carboxylic acids is 1. The Hall–Kier alpha value is -3.38. The monoisotopic (exact) mass is 481 g/mol. The van der Waals surface area contributed by atoms with Gasteiger partial charge >= 0.3 is 12.0 Å². The van der Waals surface area contributed by atoms with Gasteiger partial charge in [0.2, 0.25) is 11.8 Å². The van der Waals surface area contributed by atoms with Crippen LogP contribution in [0.2, 0.25) is 0 Å². The Balaban J connectivity index is 1.74. The lowest BCUT2D eigenvalue weighted by atomic mass is 9.86. The number of guanidine groups is 1. The van der Waals surface area contributed by atoms with Crippen molar-refractivity contribution < 1.29 is 29.1 Å². The van der Waals surface area contributed by atoms with Crippen molar-refractivity contribution in [3.63, 3.8) is 0 Å². The molecule has 0 aromatic rings. The molecule has 2 atom stereocenters. The number of nitrogens with one attached hydrogen (secondary N) is 3. The van der Waals surface area contributed by atoms with E-state index in [1.807, 2.05) is 0 Å². The number of carboxylic acid groups (broad SMARTS) is 1. The van der Waals surface area contributed by atoms with Crippen molar-refractivity contribution in [2.75, 3.05) is 19.6 Å². The second-order valence-electron chi connectivity index (χ2n) is 8.68. The Morgan fingerprint density at radius 3 is 2.47 bits per heavy atom. The molecule has 1 saturated heterocycles. The molecule has 0 aromatic heterocycles. The number of rotatable bonds is 13. The molecule has 8 N–H and O–H groups in total. The number of carbonyl (C=O) groups is 5. The van der Waals surface area contributed by atoms with Gasteiger partial charge in [-0.1, -0.05) is 32.1 Å². The number of amides is 5. The van der Waals surface area contributed by atoms with Crippen LogP contribution in [0.1, 0.15) is 57.8 Å². The van der Waals surface area contributed by atoms with E-state index in [0.717, 1.165) is 30.6 Å². The summed E-state index contributed by atoms with van der Waals surface area (Å²) in [4.78, 5) is 64.9. The van der Waals surface area contributed by atoms with Crippen molar-refractivity contribution >= 4 is 35.7 Å². The first-order valence-electron chi connectivity index (χ1n) is 11.6. The van der Waals surface area contributed by atoms with Crippen LogP contribution in [-0.4, -0.2) is 77.4 Å². The second kappa shape index (κ2) is 13.4. The lowest BCUT2D eigenvalue weighted by molar-refractivity contribution is -0.142. The van der Waals surface area contributed by atoms with E-state index >= 15 is 0 Å². The topological polar surface area (TPSA) is 209 Å². The molecular formula is C21H35N7O6. The number of carboxylic acids is 1. The van der Waals surface area contributed by atoms with Gasteiger partial charge in [0.1, 0.15) is 18.6 Å². The summed E-state index contributed by atoms with van der Waals surface area (Å²) in [6.07, 6.45) is 7.41. The zero-order chi connectivity index (χ0) is 25.1. The summed E-state index contributed by atoms with van der Waals surface area (Å²) in [5.74, 6) is -2.53. The fourth-order valence-corrected chi connectivity index (χ4v) is 4.12. The molecule has 1 saturated carbocycles. The molecule has 2 rings (SSSR count). The number of hydrogen-bond acceptors (Lipinski definition) is 6. The molecule has 1 heterocycles. The predicted octanol–water partition coefficient (Wildman–Crippen LogP) is -0.993. The highest BCUT2D eigenvalue weighted by Gasteiger charge is 2.38. The first-order valence-corrected chi connectivity index (χ1v) is 11.6. The molecule has 0 radical (unpaired) electrons. The Morgan fingerprint density at radius 2 is 1.82 bits per heavy atom. The molecule has 13 heteroatoms. The molecule has 34 heavy (non-hydrogen) atoms. The number of carbonyl (C=O) groups excluding carboxylic acids is 4. The minimum absolute atomic E-state index is 0.0693. The highest BCUT2D eigenvalue weighted by molar-refractivity contribution is 6.06. The Kier molecular flexibility index (Phi) is 10.6. The van der Waals surface area contributed by atoms with Gasteiger partial charge < -0.3 is 32.5 Å². The van der Waals surface area contributed by atoms with Crippen molar-refractivity contribution in [3.05, 3.63) is 0 Å². The molecular weight excluding hydrogens is 446 g/mol. The third-order valence-electron chi connectivity index (χ3n) is 6.00. The number of aliphatic imine (C=N–C) groups is 1. The van der Waals surface area contributed by atoms with Gasteiger partial charge in [-0.3, -0.25) is 24.3 Å². The van der Waals surface area contributed by atoms with Crippen molar-refractivity contribution in [2.45, 2.75) is 69.9 Å². The number of urea groups is 1. The van der Waals surface area contributed by atoms with Crippen molar-refractivity contribution in [1.82, 2.24) is 20.9 Å². The third-order valence-corrected chi connectivity index (χ3v) is 6.00. The van der Waals surface area contributed by atoms with E-state index in [0.29, 0.717) is 31.7 Å². The molecule has 5 amide bonds. The third kappa shape index (κ3) is 8.87. The van der Waals surface area contributed by atoms with Crippen molar-refractivity contribution in [3.8, 4) is 0 Å². The van der Waals surface area contributed by atoms with Gasteiger partial charge in [0.05, 0.1) is 0 Å². The molecule has 0 spiro atoms. The first-order chi connectivity index (χ1) is 16.2. The van der Waals surface area contributed by atoms with Gasteiger partial charge in [0.25, 0.3) is 5.91 Å². The lowest BCUT2D eigenvalue weighted by Gasteiger charge is -2.21. The highest BCUT2D eigenvalue weighted by Crippen LogP contribution is 2.27. The summed E-state index contributed by atoms with van der Waals surface area (Å²) in [6, 6.07) is -2.81. The first kappa shape index (κ1) is 26.9. The van der Waals surface area contributed by atoms with E-state index in [-0.39, 0.29) is 24.8 Å². The molecule has 0 bridgehead atoms. The quantitative estimate of drug-likeness (QED) is 0.0830. The van der Waals surface area contributed by atoms with E-state index in [1.165, 1.54) is 6.42 Å². The average Bonchev–Trinajstić information content (AvgIpc) is 3.06. The molecule has 13 nitrogen and oxygen atoms in total. The van der Waals surface area contributed by atoms with Crippen LogP contribution in [0.15, 0.2) is 4.99 Å². The fourth-order valence-electron chi connectivity index (χ4n) is 4.12. The summed E-state index contributed by atoms with van der Waals surface area (Å²) in [6.45, 7) is -0.628. The maximum absolute atomic E-state index is 12.4. The van der Waals surface area contributed by atoms with Gasteiger partial charge in [-0.25, -0.2) is 9.59 Å². The summed E-state index contributed by atoms with van der Waals surface area (Å²) in [5.41, 5.74) is 10.5. The molecule has 2 aliphatic rings. The molecule has 1 aliphatic heterocycles. The number of hydrogen-bond donors (Lipinski definition) is 6. The second-order valence-corrected chi connectivity index (χ2v) is 8.68. The lowest BCUT2D eigenvalue weighted by Crippen LogP contribution is -2.50. The van der Waals surface area contributed by atoms with Gasteiger partial charge in [0, 0.05) is 19.5 Å². The van der Waals surface area contributed by atoms with Crippen LogP contribution in [-0.2, 0) is 19.2 Å². The van der Waals surface area contributed by atoms with Crippen LogP contribution < -0.4 is 27.4 Å². The van der Waals surface area contributed by atoms with Crippen LogP contribution in [0.3, 0.4) is 0 Å². The molecule has 1 unspecified atom stereocenters. The van der Waals surface area contributed by atoms with Crippen LogP contribution in [0, 0.1) is 5.92 Å². The molecule has 1 aliphatic carbocycles. The summed E-state index contributed by atoms with van der Waals surface area (Å²) in [5, 5.41) is 16.7. The predicted molar refractivity (Wildman–Crippen MR) is 122 cm³/mol. The Labute approximate surface area is 198 Å². The molecule has 190 valence electrons. The van der Waals surface area contributed by atoms with E-state index in [9.17, 15) is 29.1 Å². The maximum Gasteiger partial charge on any atom is 0.328 e. The number of nitrogens with two attached hydrogens (primary N) is 2.